The Balaban J connectivity index is 0.00000289. The van der Waals surface area contributed by atoms with Crippen molar-refractivity contribution in [2.24, 2.45) is 15.9 Å². The molecule has 1 rings (SSSR count). The lowest BCUT2D eigenvalue weighted by molar-refractivity contribution is 0.373. The second-order valence-electron chi connectivity index (χ2n) is 3.05. The molecule has 0 unspecified atom stereocenters. The van der Waals surface area contributed by atoms with Crippen LogP contribution in [0.3, 0.4) is 0 Å². The highest BCUT2D eigenvalue weighted by Gasteiger charge is 2.00. The first-order valence-corrected chi connectivity index (χ1v) is 6.02. The molecule has 0 spiro atoms. The molecule has 0 aliphatic rings. The van der Waals surface area contributed by atoms with Gasteiger partial charge in [0.15, 0.2) is 16.7 Å². The highest BCUT2D eigenvalue weighted by atomic mass is 127. The topological polar surface area (TPSA) is 80.2 Å². The van der Waals surface area contributed by atoms with E-state index in [0.29, 0.717) is 10.9 Å². The lowest BCUT2D eigenvalue weighted by atomic mass is 10.2. The number of nitrogens with zero attached hydrogens (tertiary/aromatic N) is 2. The van der Waals surface area contributed by atoms with Crippen LogP contribution in [0.15, 0.2) is 28.4 Å². The SMILES string of the molecule is CCSC(N)=N/N=C/c1ccc(O)c(OC)c1.I. The van der Waals surface area contributed by atoms with Gasteiger partial charge in [-0.15, -0.1) is 29.1 Å². The van der Waals surface area contributed by atoms with Crippen molar-refractivity contribution in [2.45, 2.75) is 6.92 Å². The number of thioether (sulfide) groups is 1. The maximum absolute atomic E-state index is 9.40. The first kappa shape index (κ1) is 17.0. The first-order chi connectivity index (χ1) is 8.17. The zero-order chi connectivity index (χ0) is 12.7. The van der Waals surface area contributed by atoms with Crippen molar-refractivity contribution in [3.05, 3.63) is 23.8 Å². The number of benzene rings is 1. The number of phenols is 1. The minimum atomic E-state index is 0. The van der Waals surface area contributed by atoms with Gasteiger partial charge in [-0.1, -0.05) is 18.7 Å². The summed E-state index contributed by atoms with van der Waals surface area (Å²) in [7, 11) is 1.49. The Morgan fingerprint density at radius 3 is 2.89 bits per heavy atom. The minimum Gasteiger partial charge on any atom is -0.504 e. The quantitative estimate of drug-likeness (QED) is 0.363. The largest absolute Gasteiger partial charge is 0.504 e. The first-order valence-electron chi connectivity index (χ1n) is 5.03. The third kappa shape index (κ3) is 5.58. The van der Waals surface area contributed by atoms with Crippen LogP contribution < -0.4 is 10.5 Å². The lowest BCUT2D eigenvalue weighted by Crippen LogP contribution is -2.05. The van der Waals surface area contributed by atoms with E-state index in [0.717, 1.165) is 11.3 Å². The van der Waals surface area contributed by atoms with Gasteiger partial charge in [0.05, 0.1) is 13.3 Å². The van der Waals surface area contributed by atoms with Gasteiger partial charge in [0.25, 0.3) is 0 Å². The molecule has 0 aliphatic carbocycles. The Labute approximate surface area is 128 Å². The summed E-state index contributed by atoms with van der Waals surface area (Å²) in [5.41, 5.74) is 6.34. The fourth-order valence-electron chi connectivity index (χ4n) is 1.10. The molecule has 0 radical (unpaired) electrons. The number of hydrogen-bond acceptors (Lipinski definition) is 5. The van der Waals surface area contributed by atoms with Crippen LogP contribution in [0.25, 0.3) is 0 Å². The molecule has 1 aromatic carbocycles. The van der Waals surface area contributed by atoms with Crippen molar-refractivity contribution in [1.82, 2.24) is 0 Å². The van der Waals surface area contributed by atoms with Crippen LogP contribution in [0, 0.1) is 0 Å². The highest BCUT2D eigenvalue weighted by Crippen LogP contribution is 2.25. The summed E-state index contributed by atoms with van der Waals surface area (Å²) < 4.78 is 4.98. The molecule has 18 heavy (non-hydrogen) atoms. The van der Waals surface area contributed by atoms with Crippen LogP contribution in [0.2, 0.25) is 0 Å². The van der Waals surface area contributed by atoms with Gasteiger partial charge in [0.2, 0.25) is 0 Å². The highest BCUT2D eigenvalue weighted by molar-refractivity contribution is 14.0. The van der Waals surface area contributed by atoms with Crippen LogP contribution >= 0.6 is 35.7 Å². The number of phenolic OH excluding ortho intramolecular Hbond substituents is 1. The van der Waals surface area contributed by atoms with Crippen LogP contribution in [0.4, 0.5) is 0 Å². The Bertz CT molecular complexity index is 438. The average Bonchev–Trinajstić information content (AvgIpc) is 2.31. The number of nitrogens with two attached hydrogens (primary N) is 1. The van der Waals surface area contributed by atoms with Gasteiger partial charge in [0.1, 0.15) is 0 Å². The smallest absolute Gasteiger partial charge is 0.180 e. The number of methoxy groups -OCH3 is 1. The fraction of sp³-hybridized carbons (Fsp3) is 0.273. The standard InChI is InChI=1S/C11H15N3O2S.HI/c1-3-17-11(12)14-13-7-8-4-5-9(15)10(6-8)16-2;/h4-7,15H,3H2,1-2H3,(H2,12,14);1H/b13-7+;. The third-order valence-electron chi connectivity index (χ3n) is 1.86. The molecule has 0 fully saturated rings. The second-order valence-corrected chi connectivity index (χ2v) is 4.33. The van der Waals surface area contributed by atoms with Crippen LogP contribution in [-0.2, 0) is 0 Å². The fourth-order valence-corrected chi connectivity index (χ4v) is 1.50. The van der Waals surface area contributed by atoms with E-state index in [1.165, 1.54) is 24.9 Å². The molecular formula is C11H16IN3O2S. The Morgan fingerprint density at radius 2 is 2.28 bits per heavy atom. The number of halogens is 1. The van der Waals surface area contributed by atoms with Crippen LogP contribution in [0.1, 0.15) is 12.5 Å². The van der Waals surface area contributed by atoms with Crippen molar-refractivity contribution in [3.63, 3.8) is 0 Å². The summed E-state index contributed by atoms with van der Waals surface area (Å²) in [5, 5.41) is 17.5. The monoisotopic (exact) mass is 381 g/mol. The molecule has 0 aromatic heterocycles. The number of hydrogen-bond donors (Lipinski definition) is 2. The maximum Gasteiger partial charge on any atom is 0.180 e. The zero-order valence-corrected chi connectivity index (χ0v) is 13.3. The molecule has 1 aromatic rings. The number of ether oxygens (including phenoxy) is 1. The summed E-state index contributed by atoms with van der Waals surface area (Å²) in [6, 6.07) is 4.91. The van der Waals surface area contributed by atoms with Gasteiger partial charge >= 0.3 is 0 Å². The molecular weight excluding hydrogens is 365 g/mol. The molecule has 0 atom stereocenters. The van der Waals surface area contributed by atoms with Gasteiger partial charge in [-0.05, 0) is 29.5 Å². The number of aromatic hydroxyl groups is 1. The van der Waals surface area contributed by atoms with E-state index in [-0.39, 0.29) is 29.7 Å². The van der Waals surface area contributed by atoms with Crippen molar-refractivity contribution in [3.8, 4) is 11.5 Å². The summed E-state index contributed by atoms with van der Waals surface area (Å²) in [6.07, 6.45) is 1.55. The molecule has 0 aliphatic heterocycles. The zero-order valence-electron chi connectivity index (χ0n) is 10.2. The van der Waals surface area contributed by atoms with Gasteiger partial charge in [-0.25, -0.2) is 0 Å². The summed E-state index contributed by atoms with van der Waals surface area (Å²) in [5.74, 6) is 1.35. The molecule has 100 valence electrons. The average molecular weight is 381 g/mol. The van der Waals surface area contributed by atoms with E-state index >= 15 is 0 Å². The third-order valence-corrected chi connectivity index (χ3v) is 2.53. The minimum absolute atomic E-state index is 0. The molecule has 3 N–H and O–H groups in total. The predicted molar refractivity (Wildman–Crippen MR) is 87.4 cm³/mol. The number of rotatable bonds is 4. The van der Waals surface area contributed by atoms with Crippen molar-refractivity contribution >= 4 is 47.1 Å². The van der Waals surface area contributed by atoms with Crippen molar-refractivity contribution in [2.75, 3.05) is 12.9 Å². The normalized spacial score (nSPS) is 11.3. The van der Waals surface area contributed by atoms with Gasteiger partial charge in [-0.2, -0.15) is 5.10 Å². The van der Waals surface area contributed by atoms with Crippen LogP contribution in [-0.4, -0.2) is 29.4 Å². The second kappa shape index (κ2) is 9.03. The van der Waals surface area contributed by atoms with Crippen LogP contribution in [0.5, 0.6) is 11.5 Å². The molecule has 0 saturated carbocycles. The Morgan fingerprint density at radius 1 is 1.56 bits per heavy atom. The molecule has 0 heterocycles. The Hall–Kier alpha value is -0.960. The molecule has 0 amide bonds. The van der Waals surface area contributed by atoms with E-state index in [1.54, 1.807) is 18.3 Å². The lowest BCUT2D eigenvalue weighted by Gasteiger charge is -2.02. The molecule has 7 heteroatoms. The number of amidine groups is 1. The molecule has 0 bridgehead atoms. The van der Waals surface area contributed by atoms with Gasteiger partial charge in [0, 0.05) is 0 Å². The van der Waals surface area contributed by atoms with Gasteiger partial charge in [-0.3, -0.25) is 0 Å². The summed E-state index contributed by atoms with van der Waals surface area (Å²) in [6.45, 7) is 1.99. The molecule has 0 saturated heterocycles. The summed E-state index contributed by atoms with van der Waals surface area (Å²) >= 11 is 1.43. The van der Waals surface area contributed by atoms with E-state index in [4.69, 9.17) is 10.5 Å². The molecule has 5 nitrogen and oxygen atoms in total. The van der Waals surface area contributed by atoms with Crippen molar-refractivity contribution in [1.29, 1.82) is 0 Å². The van der Waals surface area contributed by atoms with E-state index in [1.807, 2.05) is 6.92 Å². The predicted octanol–water partition coefficient (Wildman–Crippen LogP) is 2.42. The summed E-state index contributed by atoms with van der Waals surface area (Å²) in [4.78, 5) is 0. The van der Waals surface area contributed by atoms with Crippen molar-refractivity contribution < 1.29 is 9.84 Å². The van der Waals surface area contributed by atoms with E-state index < -0.39 is 0 Å². The van der Waals surface area contributed by atoms with E-state index in [9.17, 15) is 5.11 Å². The maximum atomic E-state index is 9.40. The Kier molecular flexibility index (Phi) is 8.55. The van der Waals surface area contributed by atoms with Gasteiger partial charge < -0.3 is 15.6 Å². The van der Waals surface area contributed by atoms with E-state index in [2.05, 4.69) is 10.2 Å².